The van der Waals surface area contributed by atoms with Gasteiger partial charge in [-0.25, -0.2) is 0 Å². The molecule has 3 nitrogen and oxygen atoms in total. The number of hydrogen-bond donors (Lipinski definition) is 0. The number of aromatic nitrogens is 2. The van der Waals surface area contributed by atoms with Crippen LogP contribution >= 0.6 is 0 Å². The smallest absolute Gasteiger partial charge is 0.135 e. The van der Waals surface area contributed by atoms with E-state index in [1.807, 2.05) is 6.07 Å². The molecule has 11 aromatic rings. The van der Waals surface area contributed by atoms with Gasteiger partial charge in [0.05, 0.1) is 22.1 Å². The van der Waals surface area contributed by atoms with Crippen LogP contribution in [-0.2, 0) is 5.41 Å². The van der Waals surface area contributed by atoms with E-state index in [4.69, 9.17) is 4.42 Å². The van der Waals surface area contributed by atoms with Crippen LogP contribution in [0.2, 0.25) is 0 Å². The second-order valence-electron chi connectivity index (χ2n) is 15.4. The molecule has 0 N–H and O–H groups in total. The molecule has 8 aromatic carbocycles. The molecule has 0 saturated heterocycles. The van der Waals surface area contributed by atoms with Crippen molar-refractivity contribution in [2.24, 2.45) is 0 Å². The fraction of sp³-hybridized carbons (Fsp3) is 0.0588. The highest BCUT2D eigenvalue weighted by atomic mass is 16.3. The number of hydrogen-bond acceptors (Lipinski definition) is 1. The summed E-state index contributed by atoms with van der Waals surface area (Å²) in [7, 11) is 0. The summed E-state index contributed by atoms with van der Waals surface area (Å²) < 4.78 is 11.2. The molecule has 0 aliphatic heterocycles. The normalized spacial score (nSPS) is 13.5. The molecule has 3 heteroatoms. The number of benzene rings is 8. The third kappa shape index (κ3) is 3.96. The van der Waals surface area contributed by atoms with Crippen molar-refractivity contribution < 1.29 is 4.42 Å². The van der Waals surface area contributed by atoms with Gasteiger partial charge in [-0.3, -0.25) is 0 Å². The molecule has 1 aliphatic rings. The molecule has 0 atom stereocenters. The number of para-hydroxylation sites is 4. The van der Waals surface area contributed by atoms with E-state index >= 15 is 0 Å². The van der Waals surface area contributed by atoms with Gasteiger partial charge in [0.15, 0.2) is 0 Å². The monoisotopic (exact) mass is 690 g/mol. The van der Waals surface area contributed by atoms with Crippen LogP contribution < -0.4 is 0 Å². The van der Waals surface area contributed by atoms with Gasteiger partial charge in [-0.05, 0) is 100 Å². The molecule has 0 amide bonds. The summed E-state index contributed by atoms with van der Waals surface area (Å²) in [6, 6.07) is 62.4. The molecule has 3 aromatic heterocycles. The first-order chi connectivity index (χ1) is 26.5. The predicted molar refractivity (Wildman–Crippen MR) is 225 cm³/mol. The lowest BCUT2D eigenvalue weighted by molar-refractivity contribution is 0.661. The summed E-state index contributed by atoms with van der Waals surface area (Å²) >= 11 is 0. The molecular formula is C51H34N2O. The molecule has 3 heterocycles. The van der Waals surface area contributed by atoms with E-state index in [-0.39, 0.29) is 5.41 Å². The average molecular weight is 691 g/mol. The molecule has 0 spiro atoms. The molecule has 12 rings (SSSR count). The fourth-order valence-corrected chi connectivity index (χ4v) is 9.57. The molecule has 0 radical (unpaired) electrons. The SMILES string of the molecule is CC1(C)c2ccccc2-c2cc3c4ccccc4n(-c4cc(-c5ccc6oc7ccccc7c6c5)cc(-n5c6ccccc6c6ccccc65)c4)c3cc21. The van der Waals surface area contributed by atoms with Crippen LogP contribution in [0.1, 0.15) is 25.0 Å². The molecular weight excluding hydrogens is 657 g/mol. The first kappa shape index (κ1) is 29.7. The highest BCUT2D eigenvalue weighted by Gasteiger charge is 2.36. The second kappa shape index (κ2) is 10.6. The van der Waals surface area contributed by atoms with E-state index in [1.54, 1.807) is 0 Å². The fourth-order valence-electron chi connectivity index (χ4n) is 9.57. The number of furan rings is 1. The Bertz CT molecular complexity index is 3310. The quantitative estimate of drug-likeness (QED) is 0.181. The Morgan fingerprint density at radius 1 is 0.370 bits per heavy atom. The largest absolute Gasteiger partial charge is 0.456 e. The highest BCUT2D eigenvalue weighted by Crippen LogP contribution is 2.51. The van der Waals surface area contributed by atoms with Crippen LogP contribution in [-0.4, -0.2) is 9.13 Å². The molecule has 0 unspecified atom stereocenters. The van der Waals surface area contributed by atoms with Crippen molar-refractivity contribution in [3.05, 3.63) is 181 Å². The maximum atomic E-state index is 6.27. The van der Waals surface area contributed by atoms with E-state index < -0.39 is 0 Å². The first-order valence-electron chi connectivity index (χ1n) is 18.8. The molecule has 0 bridgehead atoms. The zero-order valence-electron chi connectivity index (χ0n) is 30.0. The van der Waals surface area contributed by atoms with Crippen molar-refractivity contribution in [2.75, 3.05) is 0 Å². The summed E-state index contributed by atoms with van der Waals surface area (Å²) in [6.07, 6.45) is 0. The molecule has 0 saturated carbocycles. The highest BCUT2D eigenvalue weighted by molar-refractivity contribution is 6.13. The summed E-state index contributed by atoms with van der Waals surface area (Å²) in [4.78, 5) is 0. The average Bonchev–Trinajstić information content (AvgIpc) is 3.92. The zero-order chi connectivity index (χ0) is 35.7. The number of rotatable bonds is 3. The lowest BCUT2D eigenvalue weighted by Crippen LogP contribution is -2.15. The Morgan fingerprint density at radius 3 is 1.63 bits per heavy atom. The minimum absolute atomic E-state index is 0.111. The number of nitrogens with zero attached hydrogens (tertiary/aromatic N) is 2. The maximum absolute atomic E-state index is 6.27. The Labute approximate surface area is 311 Å². The standard InChI is InChI=1S/C51H34N2O/c1-51(2)43-18-8-3-13-35(43)40-29-41-38-16-6-11-21-47(38)53(48(41)30-44(40)51)34-26-32(31-23-24-50-42(27-31)39-17-7-12-22-49(39)54-50)25-33(28-34)52-45-19-9-4-14-36(45)37-15-5-10-20-46(37)52/h3-30H,1-2H3. The molecule has 254 valence electrons. The van der Waals surface area contributed by atoms with Gasteiger partial charge < -0.3 is 13.6 Å². The van der Waals surface area contributed by atoms with Crippen molar-refractivity contribution in [1.29, 1.82) is 0 Å². The maximum Gasteiger partial charge on any atom is 0.135 e. The van der Waals surface area contributed by atoms with Crippen LogP contribution in [0.4, 0.5) is 0 Å². The topological polar surface area (TPSA) is 23.0 Å². The van der Waals surface area contributed by atoms with E-state index in [9.17, 15) is 0 Å². The van der Waals surface area contributed by atoms with Crippen molar-refractivity contribution in [2.45, 2.75) is 19.3 Å². The Hall–Kier alpha value is -6.84. The van der Waals surface area contributed by atoms with Gasteiger partial charge in [-0.15, -0.1) is 0 Å². The van der Waals surface area contributed by atoms with Gasteiger partial charge in [0, 0.05) is 49.1 Å². The van der Waals surface area contributed by atoms with Crippen LogP contribution in [0.3, 0.4) is 0 Å². The minimum atomic E-state index is -0.111. The summed E-state index contributed by atoms with van der Waals surface area (Å²) in [5, 5.41) is 7.29. The molecule has 1 aliphatic carbocycles. The van der Waals surface area contributed by atoms with E-state index in [0.717, 1.165) is 44.4 Å². The molecule has 54 heavy (non-hydrogen) atoms. The van der Waals surface area contributed by atoms with Gasteiger partial charge in [-0.1, -0.05) is 117 Å². The van der Waals surface area contributed by atoms with E-state index in [0.29, 0.717) is 0 Å². The van der Waals surface area contributed by atoms with Crippen molar-refractivity contribution >= 4 is 65.6 Å². The lowest BCUT2D eigenvalue weighted by atomic mass is 9.82. The first-order valence-corrected chi connectivity index (χ1v) is 18.8. The summed E-state index contributed by atoms with van der Waals surface area (Å²) in [6.45, 7) is 4.74. The van der Waals surface area contributed by atoms with E-state index in [2.05, 4.69) is 187 Å². The van der Waals surface area contributed by atoms with Gasteiger partial charge >= 0.3 is 0 Å². The summed E-state index contributed by atoms with van der Waals surface area (Å²) in [5.41, 5.74) is 16.5. The minimum Gasteiger partial charge on any atom is -0.456 e. The zero-order valence-corrected chi connectivity index (χ0v) is 30.0. The number of fused-ring (bicyclic) bond motifs is 12. The van der Waals surface area contributed by atoms with Crippen molar-refractivity contribution in [1.82, 2.24) is 9.13 Å². The summed E-state index contributed by atoms with van der Waals surface area (Å²) in [5.74, 6) is 0. The third-order valence-electron chi connectivity index (χ3n) is 12.1. The van der Waals surface area contributed by atoms with Crippen LogP contribution in [0.25, 0.3) is 99.2 Å². The lowest BCUT2D eigenvalue weighted by Gasteiger charge is -2.22. The Morgan fingerprint density at radius 2 is 0.926 bits per heavy atom. The Kier molecular flexibility index (Phi) is 5.84. The van der Waals surface area contributed by atoms with E-state index in [1.165, 1.54) is 65.9 Å². The molecule has 0 fully saturated rings. The van der Waals surface area contributed by atoms with Crippen molar-refractivity contribution in [3.8, 4) is 33.6 Å². The van der Waals surface area contributed by atoms with Gasteiger partial charge in [-0.2, -0.15) is 0 Å². The third-order valence-corrected chi connectivity index (χ3v) is 12.1. The van der Waals surface area contributed by atoms with Gasteiger partial charge in [0.2, 0.25) is 0 Å². The second-order valence-corrected chi connectivity index (χ2v) is 15.4. The van der Waals surface area contributed by atoms with Crippen LogP contribution in [0.5, 0.6) is 0 Å². The van der Waals surface area contributed by atoms with Gasteiger partial charge in [0.25, 0.3) is 0 Å². The predicted octanol–water partition coefficient (Wildman–Crippen LogP) is 13.8. The van der Waals surface area contributed by atoms with Gasteiger partial charge in [0.1, 0.15) is 11.2 Å². The van der Waals surface area contributed by atoms with Crippen molar-refractivity contribution in [3.63, 3.8) is 0 Å². The van der Waals surface area contributed by atoms with Crippen LogP contribution in [0.15, 0.2) is 174 Å². The van der Waals surface area contributed by atoms with Crippen LogP contribution in [0, 0.1) is 0 Å². The Balaban J connectivity index is 1.19.